The van der Waals surface area contributed by atoms with Gasteiger partial charge in [0.05, 0.1) is 17.4 Å². The lowest BCUT2D eigenvalue weighted by atomic mass is 10.1. The van der Waals surface area contributed by atoms with E-state index in [1.807, 2.05) is 19.1 Å². The second-order valence-corrected chi connectivity index (χ2v) is 6.44. The number of sulfone groups is 1. The predicted octanol–water partition coefficient (Wildman–Crippen LogP) is 1.47. The van der Waals surface area contributed by atoms with Crippen LogP contribution >= 0.6 is 0 Å². The van der Waals surface area contributed by atoms with Gasteiger partial charge in [-0.25, -0.2) is 8.42 Å². The number of rotatable bonds is 7. The summed E-state index contributed by atoms with van der Waals surface area (Å²) in [6.07, 6.45) is 0.659. The Bertz CT molecular complexity index is 518. The number of nitrogens with one attached hydrogen (secondary N) is 1. The summed E-state index contributed by atoms with van der Waals surface area (Å²) in [6, 6.07) is 9.35. The highest BCUT2D eigenvalue weighted by Crippen LogP contribution is 2.03. The summed E-state index contributed by atoms with van der Waals surface area (Å²) in [6.45, 7) is 2.88. The van der Waals surface area contributed by atoms with E-state index in [9.17, 15) is 8.42 Å². The van der Waals surface area contributed by atoms with Crippen LogP contribution in [0.25, 0.3) is 0 Å². The van der Waals surface area contributed by atoms with Crippen molar-refractivity contribution < 1.29 is 8.42 Å². The highest BCUT2D eigenvalue weighted by molar-refractivity contribution is 7.91. The third-order valence-electron chi connectivity index (χ3n) is 2.49. The van der Waals surface area contributed by atoms with Gasteiger partial charge in [0.15, 0.2) is 9.84 Å². The lowest BCUT2D eigenvalue weighted by Gasteiger charge is -2.06. The Morgan fingerprint density at radius 3 is 2.78 bits per heavy atom. The van der Waals surface area contributed by atoms with Crippen LogP contribution in [0, 0.1) is 11.3 Å². The minimum absolute atomic E-state index is 0.165. The fourth-order valence-electron chi connectivity index (χ4n) is 1.62. The minimum atomic E-state index is -2.91. The molecule has 0 unspecified atom stereocenters. The van der Waals surface area contributed by atoms with Crippen LogP contribution in [0.15, 0.2) is 24.3 Å². The van der Waals surface area contributed by atoms with Crippen molar-refractivity contribution in [3.8, 4) is 6.07 Å². The highest BCUT2D eigenvalue weighted by Gasteiger charge is 2.07. The number of nitriles is 1. The number of hydrogen-bond donors (Lipinski definition) is 1. The van der Waals surface area contributed by atoms with Crippen LogP contribution in [0.1, 0.15) is 24.5 Å². The zero-order valence-corrected chi connectivity index (χ0v) is 11.3. The highest BCUT2D eigenvalue weighted by atomic mass is 32.2. The topological polar surface area (TPSA) is 70.0 Å². The fourth-order valence-corrected chi connectivity index (χ4v) is 2.91. The molecule has 1 aromatic rings. The Hall–Kier alpha value is -1.38. The molecule has 0 amide bonds. The molecule has 0 aliphatic rings. The van der Waals surface area contributed by atoms with Gasteiger partial charge in [0.2, 0.25) is 0 Å². The second-order valence-electron chi connectivity index (χ2n) is 4.14. The lowest BCUT2D eigenvalue weighted by molar-refractivity contribution is 0.589. The zero-order chi connectivity index (χ0) is 13.4. The first-order valence-electron chi connectivity index (χ1n) is 5.97. The maximum Gasteiger partial charge on any atom is 0.151 e. The molecule has 0 atom stereocenters. The summed E-state index contributed by atoms with van der Waals surface area (Å²) in [4.78, 5) is 0. The molecule has 0 aliphatic heterocycles. The molecule has 0 aromatic heterocycles. The summed E-state index contributed by atoms with van der Waals surface area (Å²) in [5, 5.41) is 11.8. The van der Waals surface area contributed by atoms with E-state index in [2.05, 4.69) is 11.4 Å². The molecule has 0 spiro atoms. The van der Waals surface area contributed by atoms with Crippen LogP contribution in [0.5, 0.6) is 0 Å². The van der Waals surface area contributed by atoms with E-state index in [1.54, 1.807) is 12.1 Å². The van der Waals surface area contributed by atoms with Gasteiger partial charge in [-0.3, -0.25) is 0 Å². The van der Waals surface area contributed by atoms with E-state index >= 15 is 0 Å². The van der Waals surface area contributed by atoms with Gasteiger partial charge in [0.25, 0.3) is 0 Å². The molecule has 1 rings (SSSR count). The summed E-state index contributed by atoms with van der Waals surface area (Å²) < 4.78 is 22.9. The van der Waals surface area contributed by atoms with Crippen molar-refractivity contribution in [3.05, 3.63) is 35.4 Å². The first kappa shape index (κ1) is 14.7. The van der Waals surface area contributed by atoms with E-state index in [0.29, 0.717) is 25.1 Å². The van der Waals surface area contributed by atoms with Gasteiger partial charge in [0, 0.05) is 18.8 Å². The molecule has 4 nitrogen and oxygen atoms in total. The summed E-state index contributed by atoms with van der Waals surface area (Å²) >= 11 is 0. The average Bonchev–Trinajstić information content (AvgIpc) is 2.35. The molecule has 0 saturated heterocycles. The molecule has 0 radical (unpaired) electrons. The van der Waals surface area contributed by atoms with Gasteiger partial charge in [-0.1, -0.05) is 19.1 Å². The SMILES string of the molecule is CCCS(=O)(=O)CCNCc1cccc(C#N)c1. The van der Waals surface area contributed by atoms with Crippen molar-refractivity contribution >= 4 is 9.84 Å². The van der Waals surface area contributed by atoms with Gasteiger partial charge >= 0.3 is 0 Å². The maximum atomic E-state index is 11.5. The van der Waals surface area contributed by atoms with Crippen LogP contribution in [-0.2, 0) is 16.4 Å². The Labute approximate surface area is 109 Å². The predicted molar refractivity (Wildman–Crippen MR) is 71.8 cm³/mol. The molecule has 0 fully saturated rings. The zero-order valence-electron chi connectivity index (χ0n) is 10.5. The standard InChI is InChI=1S/C13H18N2O2S/c1-2-7-18(16,17)8-6-15-11-13-5-3-4-12(9-13)10-14/h3-5,9,15H,2,6-8,11H2,1H3. The van der Waals surface area contributed by atoms with Crippen molar-refractivity contribution in [2.45, 2.75) is 19.9 Å². The third kappa shape index (κ3) is 5.30. The minimum Gasteiger partial charge on any atom is -0.312 e. The molecule has 18 heavy (non-hydrogen) atoms. The van der Waals surface area contributed by atoms with Gasteiger partial charge in [-0.15, -0.1) is 0 Å². The van der Waals surface area contributed by atoms with Crippen LogP contribution in [-0.4, -0.2) is 26.5 Å². The molecule has 98 valence electrons. The normalized spacial score (nSPS) is 11.1. The summed E-state index contributed by atoms with van der Waals surface area (Å²) in [7, 11) is -2.91. The Morgan fingerprint density at radius 2 is 2.11 bits per heavy atom. The molecular weight excluding hydrogens is 248 g/mol. The van der Waals surface area contributed by atoms with E-state index in [1.165, 1.54) is 0 Å². The quantitative estimate of drug-likeness (QED) is 0.759. The van der Waals surface area contributed by atoms with E-state index in [-0.39, 0.29) is 11.5 Å². The average molecular weight is 266 g/mol. The molecule has 1 N–H and O–H groups in total. The van der Waals surface area contributed by atoms with E-state index < -0.39 is 9.84 Å². The maximum absolute atomic E-state index is 11.5. The first-order chi connectivity index (χ1) is 8.57. The van der Waals surface area contributed by atoms with Crippen LogP contribution in [0.3, 0.4) is 0 Å². The van der Waals surface area contributed by atoms with Crippen molar-refractivity contribution in [1.82, 2.24) is 5.32 Å². The second kappa shape index (κ2) is 7.14. The molecule has 1 aromatic carbocycles. The van der Waals surface area contributed by atoms with E-state index in [0.717, 1.165) is 5.56 Å². The van der Waals surface area contributed by atoms with Crippen LogP contribution in [0.4, 0.5) is 0 Å². The van der Waals surface area contributed by atoms with Crippen molar-refractivity contribution in [1.29, 1.82) is 5.26 Å². The van der Waals surface area contributed by atoms with Gasteiger partial charge in [-0.05, 0) is 24.1 Å². The Balaban J connectivity index is 2.36. The molecule has 0 saturated carbocycles. The summed E-state index contributed by atoms with van der Waals surface area (Å²) in [5.74, 6) is 0.414. The number of benzene rings is 1. The van der Waals surface area contributed by atoms with Gasteiger partial charge in [-0.2, -0.15) is 5.26 Å². The third-order valence-corrected chi connectivity index (χ3v) is 4.35. The molecule has 5 heteroatoms. The summed E-state index contributed by atoms with van der Waals surface area (Å²) in [5.41, 5.74) is 1.61. The Morgan fingerprint density at radius 1 is 1.33 bits per heavy atom. The fraction of sp³-hybridized carbons (Fsp3) is 0.462. The van der Waals surface area contributed by atoms with E-state index in [4.69, 9.17) is 5.26 Å². The molecule has 0 bridgehead atoms. The monoisotopic (exact) mass is 266 g/mol. The number of hydrogen-bond acceptors (Lipinski definition) is 4. The molecular formula is C13H18N2O2S. The van der Waals surface area contributed by atoms with Crippen LogP contribution < -0.4 is 5.32 Å². The number of nitrogens with zero attached hydrogens (tertiary/aromatic N) is 1. The van der Waals surface area contributed by atoms with Crippen LogP contribution in [0.2, 0.25) is 0 Å². The molecule has 0 aliphatic carbocycles. The van der Waals surface area contributed by atoms with Crippen molar-refractivity contribution in [2.24, 2.45) is 0 Å². The largest absolute Gasteiger partial charge is 0.312 e. The Kier molecular flexibility index (Phi) is 5.83. The smallest absolute Gasteiger partial charge is 0.151 e. The van der Waals surface area contributed by atoms with Gasteiger partial charge in [0.1, 0.15) is 0 Å². The molecule has 0 heterocycles. The van der Waals surface area contributed by atoms with Crippen molar-refractivity contribution in [2.75, 3.05) is 18.1 Å². The van der Waals surface area contributed by atoms with Crippen molar-refractivity contribution in [3.63, 3.8) is 0 Å². The first-order valence-corrected chi connectivity index (χ1v) is 7.79. The van der Waals surface area contributed by atoms with Gasteiger partial charge < -0.3 is 5.32 Å². The lowest BCUT2D eigenvalue weighted by Crippen LogP contribution is -2.24.